The van der Waals surface area contributed by atoms with E-state index in [4.69, 9.17) is 14.9 Å². The summed E-state index contributed by atoms with van der Waals surface area (Å²) in [6.07, 6.45) is -1.07. The van der Waals surface area contributed by atoms with Crippen LogP contribution in [0.2, 0.25) is 0 Å². The van der Waals surface area contributed by atoms with E-state index in [1.807, 2.05) is 24.3 Å². The van der Waals surface area contributed by atoms with Crippen LogP contribution < -0.4 is 0 Å². The number of halogens is 2. The number of hydrogen-bond donors (Lipinski definition) is 1. The summed E-state index contributed by atoms with van der Waals surface area (Å²) in [4.78, 5) is 0.603. The number of nitrogens with one attached hydrogen (secondary N) is 1. The topological polar surface area (TPSA) is 114 Å². The zero-order valence-corrected chi connectivity index (χ0v) is 18.9. The minimum atomic E-state index is -1.95. The number of benzene rings is 1. The lowest BCUT2D eigenvalue weighted by Gasteiger charge is -2.48. The molecule has 3 heterocycles. The molecule has 0 saturated carbocycles. The molecular formula is C20H12Br2N4O2S. The Balaban J connectivity index is 2.03. The SMILES string of the molecule is CC1C2(c3ccc(Br)cc3)OC(=N)C1(C#N)C(C#N)(C#N)C(c1ccc(Br)s1)O2. The number of nitriles is 3. The molecular weight excluding hydrogens is 520 g/mol. The predicted molar refractivity (Wildman–Crippen MR) is 111 cm³/mol. The second-order valence-corrected chi connectivity index (χ2v) is 10.3. The van der Waals surface area contributed by atoms with Crippen LogP contribution in [0.1, 0.15) is 23.5 Å². The summed E-state index contributed by atoms with van der Waals surface area (Å²) in [5.74, 6) is -2.66. The van der Waals surface area contributed by atoms with Crippen molar-refractivity contribution in [1.82, 2.24) is 0 Å². The quantitative estimate of drug-likeness (QED) is 0.558. The Morgan fingerprint density at radius 3 is 2.21 bits per heavy atom. The molecule has 144 valence electrons. The summed E-state index contributed by atoms with van der Waals surface area (Å²) >= 11 is 8.11. The van der Waals surface area contributed by atoms with E-state index < -0.39 is 34.5 Å². The first-order chi connectivity index (χ1) is 13.8. The maximum atomic E-state index is 10.2. The third kappa shape index (κ3) is 2.35. The Labute approximate surface area is 188 Å². The van der Waals surface area contributed by atoms with E-state index in [0.29, 0.717) is 10.4 Å². The van der Waals surface area contributed by atoms with Gasteiger partial charge in [0.2, 0.25) is 17.1 Å². The van der Waals surface area contributed by atoms with Crippen LogP contribution in [0, 0.1) is 56.2 Å². The Bertz CT molecular complexity index is 1130. The van der Waals surface area contributed by atoms with Crippen molar-refractivity contribution in [3.63, 3.8) is 0 Å². The summed E-state index contributed by atoms with van der Waals surface area (Å²) in [6, 6.07) is 16.9. The molecule has 4 rings (SSSR count). The molecule has 9 heteroatoms. The van der Waals surface area contributed by atoms with Gasteiger partial charge in [-0.2, -0.15) is 15.8 Å². The van der Waals surface area contributed by atoms with Crippen LogP contribution in [0.15, 0.2) is 44.7 Å². The monoisotopic (exact) mass is 530 g/mol. The number of rotatable bonds is 2. The van der Waals surface area contributed by atoms with Gasteiger partial charge in [-0.25, -0.2) is 0 Å². The van der Waals surface area contributed by atoms with Crippen molar-refractivity contribution in [2.24, 2.45) is 16.7 Å². The molecule has 1 aromatic heterocycles. The van der Waals surface area contributed by atoms with E-state index in [-0.39, 0.29) is 0 Å². The van der Waals surface area contributed by atoms with Crippen LogP contribution in [0.25, 0.3) is 0 Å². The largest absolute Gasteiger partial charge is 0.443 e. The average Bonchev–Trinajstić information content (AvgIpc) is 3.21. The van der Waals surface area contributed by atoms with Crippen LogP contribution in [0.3, 0.4) is 0 Å². The minimum Gasteiger partial charge on any atom is -0.443 e. The Kier molecular flexibility index (Phi) is 4.60. The minimum absolute atomic E-state index is 0.420. The zero-order valence-electron chi connectivity index (χ0n) is 14.9. The summed E-state index contributed by atoms with van der Waals surface area (Å²) in [5, 5.41) is 39.1. The molecule has 4 atom stereocenters. The number of fused-ring (bicyclic) bond motifs is 2. The van der Waals surface area contributed by atoms with Gasteiger partial charge in [-0.3, -0.25) is 5.41 Å². The van der Waals surface area contributed by atoms with E-state index in [1.165, 1.54) is 11.3 Å². The van der Waals surface area contributed by atoms with E-state index in [2.05, 4.69) is 37.9 Å². The van der Waals surface area contributed by atoms with Crippen LogP contribution in [-0.4, -0.2) is 5.90 Å². The van der Waals surface area contributed by atoms with Gasteiger partial charge in [-0.15, -0.1) is 11.3 Å². The summed E-state index contributed by atoms with van der Waals surface area (Å²) in [6.45, 7) is 1.69. The number of hydrogen-bond acceptors (Lipinski definition) is 7. The molecule has 2 aliphatic heterocycles. The van der Waals surface area contributed by atoms with Crippen LogP contribution in [0.5, 0.6) is 0 Å². The standard InChI is InChI=1S/C20H12Br2N4O2S/c1-11-19(10-25)17(26)28-20(11,12-2-4-13(21)5-3-12)27-16(18(19,8-23)9-24)14-6-7-15(22)29-14/h2-7,11,16,26H,1H3. The Morgan fingerprint density at radius 1 is 1.03 bits per heavy atom. The van der Waals surface area contributed by atoms with Crippen molar-refractivity contribution < 1.29 is 9.47 Å². The maximum Gasteiger partial charge on any atom is 0.244 e. The summed E-state index contributed by atoms with van der Waals surface area (Å²) in [5.41, 5.74) is -3.12. The normalized spacial score (nSPS) is 31.9. The molecule has 2 aromatic rings. The van der Waals surface area contributed by atoms with E-state index in [0.717, 1.165) is 8.26 Å². The second-order valence-electron chi connectivity index (χ2n) is 6.92. The molecule has 0 radical (unpaired) electrons. The molecule has 0 aliphatic carbocycles. The molecule has 0 amide bonds. The fourth-order valence-corrected chi connectivity index (χ4v) is 6.06. The lowest BCUT2D eigenvalue weighted by Crippen LogP contribution is -2.57. The molecule has 2 fully saturated rings. The highest BCUT2D eigenvalue weighted by Gasteiger charge is 2.79. The van der Waals surface area contributed by atoms with Gasteiger partial charge in [-0.05, 0) is 40.2 Å². The van der Waals surface area contributed by atoms with Gasteiger partial charge in [0.05, 0.1) is 27.9 Å². The highest BCUT2D eigenvalue weighted by atomic mass is 79.9. The number of thiophene rings is 1. The highest BCUT2D eigenvalue weighted by Crippen LogP contribution is 2.69. The number of ether oxygens (including phenoxy) is 2. The van der Waals surface area contributed by atoms with Gasteiger partial charge in [0.15, 0.2) is 5.41 Å². The first-order valence-corrected chi connectivity index (χ1v) is 10.9. The zero-order chi connectivity index (χ0) is 21.0. The molecule has 29 heavy (non-hydrogen) atoms. The maximum absolute atomic E-state index is 10.2. The predicted octanol–water partition coefficient (Wildman–Crippen LogP) is 5.38. The summed E-state index contributed by atoms with van der Waals surface area (Å²) in [7, 11) is 0. The lowest BCUT2D eigenvalue weighted by molar-refractivity contribution is -0.287. The van der Waals surface area contributed by atoms with E-state index >= 15 is 0 Å². The van der Waals surface area contributed by atoms with Gasteiger partial charge in [0, 0.05) is 14.9 Å². The van der Waals surface area contributed by atoms with Crippen molar-refractivity contribution in [3.05, 3.63) is 55.1 Å². The van der Waals surface area contributed by atoms with Crippen LogP contribution in [0.4, 0.5) is 0 Å². The fourth-order valence-electron chi connectivity index (χ4n) is 4.27. The molecule has 1 N–H and O–H groups in total. The van der Waals surface area contributed by atoms with Gasteiger partial charge >= 0.3 is 0 Å². The molecule has 2 saturated heterocycles. The first-order valence-electron chi connectivity index (χ1n) is 8.52. The van der Waals surface area contributed by atoms with Gasteiger partial charge < -0.3 is 9.47 Å². The lowest BCUT2D eigenvalue weighted by atomic mass is 9.54. The molecule has 2 bridgehead atoms. The summed E-state index contributed by atoms with van der Waals surface area (Å²) < 4.78 is 14.0. The molecule has 6 nitrogen and oxygen atoms in total. The van der Waals surface area contributed by atoms with Crippen LogP contribution in [-0.2, 0) is 15.3 Å². The van der Waals surface area contributed by atoms with Gasteiger partial charge in [0.1, 0.15) is 6.10 Å². The first kappa shape index (κ1) is 20.1. The van der Waals surface area contributed by atoms with Gasteiger partial charge in [0.25, 0.3) is 0 Å². The molecule has 1 aromatic carbocycles. The van der Waals surface area contributed by atoms with Crippen molar-refractivity contribution >= 4 is 49.1 Å². The van der Waals surface area contributed by atoms with Crippen molar-refractivity contribution in [1.29, 1.82) is 21.2 Å². The van der Waals surface area contributed by atoms with Crippen LogP contribution >= 0.6 is 43.2 Å². The van der Waals surface area contributed by atoms with Gasteiger partial charge in [-0.1, -0.05) is 35.0 Å². The van der Waals surface area contributed by atoms with E-state index in [1.54, 1.807) is 31.2 Å². The molecule has 0 spiro atoms. The molecule has 2 aliphatic rings. The third-order valence-corrected chi connectivity index (χ3v) is 7.96. The smallest absolute Gasteiger partial charge is 0.244 e. The Morgan fingerprint density at radius 2 is 1.69 bits per heavy atom. The van der Waals surface area contributed by atoms with Crippen molar-refractivity contribution in [2.75, 3.05) is 0 Å². The van der Waals surface area contributed by atoms with E-state index in [9.17, 15) is 15.8 Å². The highest BCUT2D eigenvalue weighted by molar-refractivity contribution is 9.11. The fraction of sp³-hybridized carbons (Fsp3) is 0.300. The second kappa shape index (κ2) is 6.65. The van der Waals surface area contributed by atoms with Crippen molar-refractivity contribution in [2.45, 2.75) is 18.8 Å². The average molecular weight is 532 g/mol. The van der Waals surface area contributed by atoms with Crippen molar-refractivity contribution in [3.8, 4) is 18.2 Å². The number of nitrogens with zero attached hydrogens (tertiary/aromatic N) is 3. The molecule has 4 unspecified atom stereocenters. The third-order valence-electron chi connectivity index (χ3n) is 5.77. The Hall–Kier alpha value is -2.22.